The number of para-hydroxylation sites is 1. The molecule has 0 aliphatic carbocycles. The summed E-state index contributed by atoms with van der Waals surface area (Å²) in [5.74, 6) is 2.34. The molecule has 0 saturated heterocycles. The van der Waals surface area contributed by atoms with E-state index in [0.29, 0.717) is 12.5 Å². The highest BCUT2D eigenvalue weighted by Crippen LogP contribution is 2.18. The topological polar surface area (TPSA) is 63.2 Å². The van der Waals surface area contributed by atoms with Crippen LogP contribution in [0.3, 0.4) is 0 Å². The van der Waals surface area contributed by atoms with Gasteiger partial charge in [-0.1, -0.05) is 18.2 Å². The van der Waals surface area contributed by atoms with Crippen LogP contribution >= 0.6 is 0 Å². The Morgan fingerprint density at radius 2 is 1.85 bits per heavy atom. The summed E-state index contributed by atoms with van der Waals surface area (Å²) in [6.07, 6.45) is 6.35. The number of pyridine rings is 1. The normalized spacial score (nSPS) is 10.4. The largest absolute Gasteiger partial charge is 0.496 e. The number of rotatable bonds is 8. The van der Waals surface area contributed by atoms with Crippen molar-refractivity contribution in [3.05, 3.63) is 72.2 Å². The first-order valence-corrected chi connectivity index (χ1v) is 8.55. The molecular formula is C20H23N5O. The number of ether oxygens (including phenoxy) is 1. The SMILES string of the molecule is COc1ccccc1CNc1nccc(N(C)CCc2ccncc2)n1. The van der Waals surface area contributed by atoms with Gasteiger partial charge >= 0.3 is 0 Å². The Morgan fingerprint density at radius 1 is 1.04 bits per heavy atom. The zero-order chi connectivity index (χ0) is 18.2. The number of nitrogens with one attached hydrogen (secondary N) is 1. The molecule has 134 valence electrons. The molecule has 0 radical (unpaired) electrons. The fraction of sp³-hybridized carbons (Fsp3) is 0.250. The Bertz CT molecular complexity index is 825. The van der Waals surface area contributed by atoms with Gasteiger partial charge in [0.2, 0.25) is 5.95 Å². The third-order valence-corrected chi connectivity index (χ3v) is 4.15. The molecule has 3 rings (SSSR count). The molecule has 0 saturated carbocycles. The Balaban J connectivity index is 1.60. The molecule has 0 spiro atoms. The second-order valence-electron chi connectivity index (χ2n) is 5.93. The summed E-state index contributed by atoms with van der Waals surface area (Å²) in [7, 11) is 3.71. The number of hydrogen-bond donors (Lipinski definition) is 1. The second kappa shape index (κ2) is 8.80. The molecule has 3 aromatic rings. The Kier molecular flexibility index (Phi) is 5.98. The molecule has 0 amide bonds. The number of aromatic nitrogens is 3. The van der Waals surface area contributed by atoms with Gasteiger partial charge in [-0.15, -0.1) is 0 Å². The van der Waals surface area contributed by atoms with Crippen molar-refractivity contribution in [2.75, 3.05) is 30.9 Å². The Labute approximate surface area is 153 Å². The lowest BCUT2D eigenvalue weighted by molar-refractivity contribution is 0.410. The molecule has 0 unspecified atom stereocenters. The third-order valence-electron chi connectivity index (χ3n) is 4.15. The van der Waals surface area contributed by atoms with Crippen molar-refractivity contribution in [2.45, 2.75) is 13.0 Å². The molecular weight excluding hydrogens is 326 g/mol. The lowest BCUT2D eigenvalue weighted by atomic mass is 10.2. The maximum atomic E-state index is 5.38. The minimum Gasteiger partial charge on any atom is -0.496 e. The van der Waals surface area contributed by atoms with E-state index >= 15 is 0 Å². The van der Waals surface area contributed by atoms with Crippen LogP contribution in [-0.2, 0) is 13.0 Å². The molecule has 0 fully saturated rings. The highest BCUT2D eigenvalue weighted by atomic mass is 16.5. The number of likely N-dealkylation sites (N-methyl/N-ethyl adjacent to an activating group) is 1. The first kappa shape index (κ1) is 17.7. The van der Waals surface area contributed by atoms with Gasteiger partial charge in [-0.25, -0.2) is 4.98 Å². The highest BCUT2D eigenvalue weighted by molar-refractivity contribution is 5.43. The van der Waals surface area contributed by atoms with Gasteiger partial charge in [0.05, 0.1) is 7.11 Å². The van der Waals surface area contributed by atoms with Gasteiger partial charge in [0, 0.05) is 44.3 Å². The summed E-state index contributed by atoms with van der Waals surface area (Å²) in [6.45, 7) is 1.47. The van der Waals surface area contributed by atoms with E-state index in [1.54, 1.807) is 13.3 Å². The standard InChI is InChI=1S/C20H23N5O/c1-25(14-10-16-7-11-21-12-8-16)19-9-13-22-20(24-19)23-15-17-5-3-4-6-18(17)26-2/h3-9,11-13H,10,14-15H2,1-2H3,(H,22,23,24). The van der Waals surface area contributed by atoms with E-state index < -0.39 is 0 Å². The fourth-order valence-electron chi connectivity index (χ4n) is 2.63. The number of benzene rings is 1. The molecule has 0 aliphatic heterocycles. The van der Waals surface area contributed by atoms with Crippen LogP contribution in [0.15, 0.2) is 61.1 Å². The number of nitrogens with zero attached hydrogens (tertiary/aromatic N) is 4. The van der Waals surface area contributed by atoms with Crippen molar-refractivity contribution in [1.29, 1.82) is 0 Å². The third kappa shape index (κ3) is 4.69. The van der Waals surface area contributed by atoms with Gasteiger partial charge in [0.25, 0.3) is 0 Å². The molecule has 6 nitrogen and oxygen atoms in total. The van der Waals surface area contributed by atoms with Crippen LogP contribution in [0.5, 0.6) is 5.75 Å². The Hall–Kier alpha value is -3.15. The minimum atomic E-state index is 0.601. The van der Waals surface area contributed by atoms with E-state index in [1.165, 1.54) is 5.56 Å². The van der Waals surface area contributed by atoms with Crippen LogP contribution in [0.1, 0.15) is 11.1 Å². The van der Waals surface area contributed by atoms with E-state index in [-0.39, 0.29) is 0 Å². The molecule has 1 N–H and O–H groups in total. The molecule has 2 heterocycles. The average molecular weight is 349 g/mol. The fourth-order valence-corrected chi connectivity index (χ4v) is 2.63. The van der Waals surface area contributed by atoms with Gasteiger partial charge in [-0.2, -0.15) is 4.98 Å². The lowest BCUT2D eigenvalue weighted by Gasteiger charge is -2.18. The van der Waals surface area contributed by atoms with E-state index in [4.69, 9.17) is 4.74 Å². The van der Waals surface area contributed by atoms with Gasteiger partial charge < -0.3 is 15.0 Å². The molecule has 1 aromatic carbocycles. The smallest absolute Gasteiger partial charge is 0.224 e. The number of methoxy groups -OCH3 is 1. The van der Waals surface area contributed by atoms with Crippen molar-refractivity contribution < 1.29 is 4.74 Å². The van der Waals surface area contributed by atoms with Gasteiger partial charge in [0.1, 0.15) is 11.6 Å². The molecule has 0 bridgehead atoms. The summed E-state index contributed by atoms with van der Waals surface area (Å²) in [6, 6.07) is 13.9. The maximum absolute atomic E-state index is 5.38. The summed E-state index contributed by atoms with van der Waals surface area (Å²) >= 11 is 0. The molecule has 6 heteroatoms. The van der Waals surface area contributed by atoms with Crippen LogP contribution in [0.25, 0.3) is 0 Å². The second-order valence-corrected chi connectivity index (χ2v) is 5.93. The first-order chi connectivity index (χ1) is 12.8. The molecule has 0 aliphatic rings. The van der Waals surface area contributed by atoms with Crippen LogP contribution in [0.4, 0.5) is 11.8 Å². The number of hydrogen-bond acceptors (Lipinski definition) is 6. The van der Waals surface area contributed by atoms with Crippen molar-refractivity contribution in [3.63, 3.8) is 0 Å². The quantitative estimate of drug-likeness (QED) is 0.674. The molecule has 26 heavy (non-hydrogen) atoms. The lowest BCUT2D eigenvalue weighted by Crippen LogP contribution is -2.22. The average Bonchev–Trinajstić information content (AvgIpc) is 2.71. The minimum absolute atomic E-state index is 0.601. The van der Waals surface area contributed by atoms with Crippen LogP contribution in [-0.4, -0.2) is 35.7 Å². The zero-order valence-electron chi connectivity index (χ0n) is 15.1. The molecule has 2 aromatic heterocycles. The Morgan fingerprint density at radius 3 is 2.65 bits per heavy atom. The molecule has 0 atom stereocenters. The van der Waals surface area contributed by atoms with Crippen LogP contribution < -0.4 is 15.0 Å². The summed E-state index contributed by atoms with van der Waals surface area (Å²) < 4.78 is 5.38. The van der Waals surface area contributed by atoms with Crippen molar-refractivity contribution in [1.82, 2.24) is 15.0 Å². The van der Waals surface area contributed by atoms with Crippen molar-refractivity contribution in [2.24, 2.45) is 0 Å². The predicted octanol–water partition coefficient (Wildman–Crippen LogP) is 3.17. The van der Waals surface area contributed by atoms with E-state index in [0.717, 1.165) is 30.1 Å². The van der Waals surface area contributed by atoms with E-state index in [9.17, 15) is 0 Å². The van der Waals surface area contributed by atoms with Gasteiger partial charge in [-0.05, 0) is 36.2 Å². The summed E-state index contributed by atoms with van der Waals surface area (Å²) in [4.78, 5) is 15.1. The number of anilines is 2. The zero-order valence-corrected chi connectivity index (χ0v) is 15.1. The van der Waals surface area contributed by atoms with Gasteiger partial charge in [-0.3, -0.25) is 4.98 Å². The van der Waals surface area contributed by atoms with Gasteiger partial charge in [0.15, 0.2) is 0 Å². The summed E-state index contributed by atoms with van der Waals surface area (Å²) in [5.41, 5.74) is 2.32. The summed E-state index contributed by atoms with van der Waals surface area (Å²) in [5, 5.41) is 3.27. The highest BCUT2D eigenvalue weighted by Gasteiger charge is 2.06. The van der Waals surface area contributed by atoms with Crippen LogP contribution in [0, 0.1) is 0 Å². The van der Waals surface area contributed by atoms with Crippen molar-refractivity contribution in [3.8, 4) is 5.75 Å². The first-order valence-electron chi connectivity index (χ1n) is 8.55. The van der Waals surface area contributed by atoms with E-state index in [1.807, 2.05) is 61.9 Å². The predicted molar refractivity (Wildman–Crippen MR) is 104 cm³/mol. The maximum Gasteiger partial charge on any atom is 0.224 e. The van der Waals surface area contributed by atoms with Crippen LogP contribution in [0.2, 0.25) is 0 Å². The van der Waals surface area contributed by atoms with E-state index in [2.05, 4.69) is 25.2 Å². The monoisotopic (exact) mass is 349 g/mol. The van der Waals surface area contributed by atoms with Crippen molar-refractivity contribution >= 4 is 11.8 Å².